The van der Waals surface area contributed by atoms with Gasteiger partial charge < -0.3 is 9.15 Å². The molecule has 1 aromatic heterocycles. The number of ether oxygens (including phenoxy) is 1. The average molecular weight is 300 g/mol. The molecule has 0 bridgehead atoms. The van der Waals surface area contributed by atoms with Crippen molar-refractivity contribution in [1.29, 1.82) is 0 Å². The van der Waals surface area contributed by atoms with Gasteiger partial charge in [0.25, 0.3) is 5.22 Å². The number of nitrogens with zero attached hydrogens (tertiary/aromatic N) is 2. The molecule has 0 atom stereocenters. The van der Waals surface area contributed by atoms with Crippen LogP contribution >= 0.6 is 11.8 Å². The van der Waals surface area contributed by atoms with Crippen molar-refractivity contribution >= 4 is 17.7 Å². The maximum Gasteiger partial charge on any atom is 0.396 e. The van der Waals surface area contributed by atoms with E-state index in [2.05, 4.69) is 10.2 Å². The van der Waals surface area contributed by atoms with Crippen molar-refractivity contribution in [3.05, 3.63) is 41.3 Å². The first-order valence-corrected chi connectivity index (χ1v) is 6.65. The zero-order valence-corrected chi connectivity index (χ0v) is 11.2. The lowest BCUT2D eigenvalue weighted by Crippen LogP contribution is -2.04. The van der Waals surface area contributed by atoms with Gasteiger partial charge in [0.05, 0.1) is 6.61 Å². The number of thioether (sulfide) groups is 1. The lowest BCUT2D eigenvalue weighted by molar-refractivity contribution is 0.0475. The minimum absolute atomic E-state index is 0.123. The van der Waals surface area contributed by atoms with Gasteiger partial charge in [-0.1, -0.05) is 16.9 Å². The molecule has 0 amide bonds. The summed E-state index contributed by atoms with van der Waals surface area (Å²) in [7, 11) is 0. The molecule has 0 spiro atoms. The van der Waals surface area contributed by atoms with Crippen molar-refractivity contribution in [3.63, 3.8) is 0 Å². The van der Waals surface area contributed by atoms with Crippen LogP contribution in [0.5, 0.6) is 0 Å². The summed E-state index contributed by atoms with van der Waals surface area (Å²) in [5.74, 6) is -2.03. The minimum atomic E-state index is -0.705. The number of benzene rings is 1. The lowest BCUT2D eigenvalue weighted by Gasteiger charge is -1.99. The maximum atomic E-state index is 13.0. The topological polar surface area (TPSA) is 65.2 Å². The van der Waals surface area contributed by atoms with Crippen molar-refractivity contribution in [2.75, 3.05) is 6.61 Å². The van der Waals surface area contributed by atoms with Crippen molar-refractivity contribution in [2.45, 2.75) is 17.9 Å². The molecule has 0 saturated heterocycles. The van der Waals surface area contributed by atoms with Gasteiger partial charge in [0, 0.05) is 11.8 Å². The molecule has 0 aliphatic rings. The molecule has 0 fully saturated rings. The van der Waals surface area contributed by atoms with Crippen LogP contribution in [0, 0.1) is 11.6 Å². The fraction of sp³-hybridized carbons (Fsp3) is 0.250. The number of carbonyl (C=O) groups is 1. The maximum absolute atomic E-state index is 13.0. The predicted molar refractivity (Wildman–Crippen MR) is 66.2 cm³/mol. The van der Waals surface area contributed by atoms with Gasteiger partial charge in [-0.25, -0.2) is 13.6 Å². The standard InChI is InChI=1S/C12H10F2N2O3S/c1-2-18-11(17)10-15-16-12(19-10)20-6-7-3-8(13)5-9(14)4-7/h3-5H,2,6H2,1H3. The Hall–Kier alpha value is -1.96. The SMILES string of the molecule is CCOC(=O)c1nnc(SCc2cc(F)cc(F)c2)o1. The first-order valence-electron chi connectivity index (χ1n) is 5.67. The second-order valence-corrected chi connectivity index (χ2v) is 4.59. The van der Waals surface area contributed by atoms with Crippen LogP contribution in [0.2, 0.25) is 0 Å². The summed E-state index contributed by atoms with van der Waals surface area (Å²) < 4.78 is 35.7. The number of carbonyl (C=O) groups excluding carboxylic acids is 1. The van der Waals surface area contributed by atoms with Crippen molar-refractivity contribution in [2.24, 2.45) is 0 Å². The average Bonchev–Trinajstić information content (AvgIpc) is 2.84. The monoisotopic (exact) mass is 300 g/mol. The molecule has 0 unspecified atom stereocenters. The van der Waals surface area contributed by atoms with Crippen LogP contribution in [-0.4, -0.2) is 22.8 Å². The Labute approximate surface area is 117 Å². The van der Waals surface area contributed by atoms with E-state index in [-0.39, 0.29) is 23.5 Å². The molecule has 106 valence electrons. The number of halogens is 2. The predicted octanol–water partition coefficient (Wildman–Crippen LogP) is 2.82. The van der Waals surface area contributed by atoms with E-state index in [0.717, 1.165) is 17.8 Å². The summed E-state index contributed by atoms with van der Waals surface area (Å²) >= 11 is 1.07. The third-order valence-electron chi connectivity index (χ3n) is 2.14. The molecule has 0 aliphatic carbocycles. The Morgan fingerprint density at radius 1 is 1.30 bits per heavy atom. The van der Waals surface area contributed by atoms with Crippen molar-refractivity contribution in [1.82, 2.24) is 10.2 Å². The van der Waals surface area contributed by atoms with Crippen LogP contribution in [0.25, 0.3) is 0 Å². The van der Waals surface area contributed by atoms with E-state index in [1.807, 2.05) is 0 Å². The van der Waals surface area contributed by atoms with Crippen molar-refractivity contribution < 1.29 is 22.7 Å². The van der Waals surface area contributed by atoms with E-state index in [1.54, 1.807) is 6.92 Å². The zero-order chi connectivity index (χ0) is 14.5. The summed E-state index contributed by atoms with van der Waals surface area (Å²) in [6, 6.07) is 3.21. The largest absolute Gasteiger partial charge is 0.459 e. The van der Waals surface area contributed by atoms with Gasteiger partial charge in [-0.15, -0.1) is 5.10 Å². The molecule has 2 aromatic rings. The number of aromatic nitrogens is 2. The number of rotatable bonds is 5. The number of hydrogen-bond donors (Lipinski definition) is 0. The highest BCUT2D eigenvalue weighted by molar-refractivity contribution is 7.98. The summed E-state index contributed by atoms with van der Waals surface area (Å²) in [6.45, 7) is 1.86. The third kappa shape index (κ3) is 3.77. The normalized spacial score (nSPS) is 10.6. The lowest BCUT2D eigenvalue weighted by atomic mass is 10.2. The molecule has 1 aromatic carbocycles. The summed E-state index contributed by atoms with van der Waals surface area (Å²) in [5.41, 5.74) is 0.434. The van der Waals surface area contributed by atoms with Crippen LogP contribution < -0.4 is 0 Å². The molecule has 0 aliphatic heterocycles. The van der Waals surface area contributed by atoms with E-state index in [1.165, 1.54) is 12.1 Å². The Morgan fingerprint density at radius 3 is 2.65 bits per heavy atom. The Balaban J connectivity index is 1.99. The first-order chi connectivity index (χ1) is 9.58. The van der Waals surface area contributed by atoms with Gasteiger partial charge in [0.1, 0.15) is 11.6 Å². The van der Waals surface area contributed by atoms with E-state index in [0.29, 0.717) is 5.56 Å². The zero-order valence-electron chi connectivity index (χ0n) is 10.4. The van der Waals surface area contributed by atoms with Crippen LogP contribution in [-0.2, 0) is 10.5 Å². The van der Waals surface area contributed by atoms with E-state index < -0.39 is 17.6 Å². The molecule has 0 saturated carbocycles. The summed E-state index contributed by atoms with van der Waals surface area (Å²) in [4.78, 5) is 11.3. The second-order valence-electron chi connectivity index (χ2n) is 3.66. The Morgan fingerprint density at radius 2 is 2.00 bits per heavy atom. The van der Waals surface area contributed by atoms with E-state index in [9.17, 15) is 13.6 Å². The van der Waals surface area contributed by atoms with Crippen LogP contribution in [0.3, 0.4) is 0 Å². The second kappa shape index (κ2) is 6.47. The third-order valence-corrected chi connectivity index (χ3v) is 3.03. The quantitative estimate of drug-likeness (QED) is 0.625. The van der Waals surface area contributed by atoms with Gasteiger partial charge in [0.15, 0.2) is 0 Å². The summed E-state index contributed by atoms with van der Waals surface area (Å²) in [6.07, 6.45) is 0. The van der Waals surface area contributed by atoms with Gasteiger partial charge >= 0.3 is 11.9 Å². The number of hydrogen-bond acceptors (Lipinski definition) is 6. The fourth-order valence-electron chi connectivity index (χ4n) is 1.38. The van der Waals surface area contributed by atoms with E-state index >= 15 is 0 Å². The fourth-order valence-corrected chi connectivity index (χ4v) is 2.08. The smallest absolute Gasteiger partial charge is 0.396 e. The van der Waals surface area contributed by atoms with Gasteiger partial charge in [-0.05, 0) is 24.6 Å². The van der Waals surface area contributed by atoms with Gasteiger partial charge in [-0.2, -0.15) is 0 Å². The molecule has 5 nitrogen and oxygen atoms in total. The molecule has 2 rings (SSSR count). The highest BCUT2D eigenvalue weighted by Gasteiger charge is 2.16. The van der Waals surface area contributed by atoms with E-state index in [4.69, 9.17) is 9.15 Å². The Kier molecular flexibility index (Phi) is 4.67. The number of esters is 1. The molecule has 8 heteroatoms. The molecule has 0 N–H and O–H groups in total. The molecular formula is C12H10F2N2O3S. The molecule has 20 heavy (non-hydrogen) atoms. The minimum Gasteiger partial charge on any atom is -0.459 e. The van der Waals surface area contributed by atoms with Crippen LogP contribution in [0.15, 0.2) is 27.8 Å². The van der Waals surface area contributed by atoms with Crippen molar-refractivity contribution in [3.8, 4) is 0 Å². The first kappa shape index (κ1) is 14.4. The van der Waals surface area contributed by atoms with Crippen LogP contribution in [0.1, 0.15) is 23.2 Å². The molecule has 1 heterocycles. The molecule has 0 radical (unpaired) electrons. The highest BCUT2D eigenvalue weighted by Crippen LogP contribution is 2.22. The van der Waals surface area contributed by atoms with Gasteiger partial charge in [-0.3, -0.25) is 0 Å². The Bertz CT molecular complexity index is 598. The van der Waals surface area contributed by atoms with Crippen LogP contribution in [0.4, 0.5) is 8.78 Å². The van der Waals surface area contributed by atoms with Gasteiger partial charge in [0.2, 0.25) is 0 Å². The molecular weight excluding hydrogens is 290 g/mol. The highest BCUT2D eigenvalue weighted by atomic mass is 32.2. The summed E-state index contributed by atoms with van der Waals surface area (Å²) in [5, 5.41) is 7.28.